The van der Waals surface area contributed by atoms with E-state index in [-0.39, 0.29) is 180 Å². The van der Waals surface area contributed by atoms with Gasteiger partial charge in [-0.05, 0) is 181 Å². The van der Waals surface area contributed by atoms with Crippen molar-refractivity contribution in [3.63, 3.8) is 0 Å². The number of hydrogen-bond acceptors (Lipinski definition) is 16. The topological polar surface area (TPSA) is 216 Å². The molecular weight excluding hydrogens is 1690 g/mol. The first kappa shape index (κ1) is 94.7. The summed E-state index contributed by atoms with van der Waals surface area (Å²) >= 11 is 16.4. The van der Waals surface area contributed by atoms with Crippen molar-refractivity contribution in [2.75, 3.05) is 36.7 Å². The third-order valence-electron chi connectivity index (χ3n) is 11.1. The van der Waals surface area contributed by atoms with Crippen LogP contribution in [0.2, 0.25) is 0 Å². The van der Waals surface area contributed by atoms with Crippen LogP contribution in [0.25, 0.3) is 39.0 Å². The van der Waals surface area contributed by atoms with Crippen LogP contribution in [0.4, 0.5) is 39.5 Å². The molecule has 0 spiro atoms. The number of fused-ring (bicyclic) bond motifs is 3. The van der Waals surface area contributed by atoms with Crippen molar-refractivity contribution in [2.45, 2.75) is 51.4 Å². The molecule has 14 nitrogen and oxygen atoms in total. The first-order valence-electron chi connectivity index (χ1n) is 25.2. The van der Waals surface area contributed by atoms with E-state index in [9.17, 15) is 57.5 Å². The number of hydrogen-bond donors (Lipinski definition) is 2. The van der Waals surface area contributed by atoms with Crippen LogP contribution in [0, 0.1) is 0 Å². The predicted molar refractivity (Wildman–Crippen MR) is 363 cm³/mol. The molecule has 6 aromatic carbocycles. The molecule has 34 heteroatoms. The molecule has 0 saturated heterocycles. The second-order valence-electron chi connectivity index (χ2n) is 17.5. The molecule has 510 valence electrons. The second-order valence-corrected chi connectivity index (χ2v) is 25.7. The standard InChI is InChI=1S/C20H16BrF3O3S2.C17H10BrF3O3.C9H6Br2O.C8H5F3O2.C3H8OS2.C2H6O.CH2O3.CH4.ClH.2K.H/c1-28-18(29(2)25)10-14-15(20(22,23)24)4-3-5-17(14)27-11-12-8-13-6-7-26-19(13)16(21)9-12;18-14-7-10(6-11-4-5-23-16(11)14)9-24-15-3-1-2-13(12(15)8-22)17(19,20)21;10-5-6-3-7-1-2-12-9(7)8(11)4-6;9-8(10,11)6-2-1-3-7(13)5(6)4-12;1-5-3-6(2)4;1-2-3;2-1-4-3;;;;;/h3-10H,11H2,1-2H3;1-8H,9H2;1-4H,5H2;1-4,13H;3H2,1-2H3;3H,2H2,1H3;1,3H;1H4;1H;;;/q;;;;;;;;;2*+1;-1/p-1/b18-10+;;;;;;;;;;;. The summed E-state index contributed by atoms with van der Waals surface area (Å²) in [6.45, 7) is 1.83. The Kier molecular flexibility index (Phi) is 47.6. The largest absolute Gasteiger partial charge is 1.00 e. The van der Waals surface area contributed by atoms with Crippen molar-refractivity contribution in [3.8, 4) is 17.2 Å². The monoisotopic (exact) mass is 1740 g/mol. The number of carbonyl (C=O) groups is 3. The summed E-state index contributed by atoms with van der Waals surface area (Å²) in [5.74, 6) is -0.701. The van der Waals surface area contributed by atoms with Crippen molar-refractivity contribution in [1.82, 2.24) is 0 Å². The van der Waals surface area contributed by atoms with Gasteiger partial charge in [0.2, 0.25) is 0 Å². The van der Waals surface area contributed by atoms with Gasteiger partial charge < -0.3 is 44.5 Å². The van der Waals surface area contributed by atoms with Crippen LogP contribution in [0.3, 0.4) is 0 Å². The van der Waals surface area contributed by atoms with Gasteiger partial charge in [0.1, 0.15) is 47.2 Å². The van der Waals surface area contributed by atoms with Crippen LogP contribution in [0.1, 0.15) is 75.4 Å². The normalized spacial score (nSPS) is 11.3. The zero-order chi connectivity index (χ0) is 68.2. The predicted octanol–water partition coefficient (Wildman–Crippen LogP) is 13.0. The van der Waals surface area contributed by atoms with Crippen LogP contribution in [0.5, 0.6) is 17.2 Å². The number of aliphatic hydroxyl groups excluding tert-OH is 1. The molecule has 0 bridgehead atoms. The molecule has 2 atom stereocenters. The minimum absolute atomic E-state index is 0. The molecule has 9 rings (SSSR count). The molecule has 95 heavy (non-hydrogen) atoms. The quantitative estimate of drug-likeness (QED) is 0.0244. The van der Waals surface area contributed by atoms with Gasteiger partial charge in [0.05, 0.1) is 80.1 Å². The van der Waals surface area contributed by atoms with E-state index >= 15 is 0 Å². The Morgan fingerprint density at radius 3 is 1.27 bits per heavy atom. The van der Waals surface area contributed by atoms with Crippen LogP contribution in [-0.2, 0) is 68.4 Å². The number of halogens is 14. The van der Waals surface area contributed by atoms with E-state index in [1.807, 2.05) is 18.4 Å². The molecule has 9 aromatic rings. The molecule has 0 amide bonds. The number of phenols is 1. The molecule has 0 fully saturated rings. The Balaban J connectivity index is -0.00000116. The number of thioether (sulfide) groups is 2. The van der Waals surface area contributed by atoms with Gasteiger partial charge in [-0.25, -0.2) is 0 Å². The van der Waals surface area contributed by atoms with Gasteiger partial charge in [-0.1, -0.05) is 41.6 Å². The fourth-order valence-corrected chi connectivity index (χ4v) is 12.4. The van der Waals surface area contributed by atoms with Gasteiger partial charge in [-0.15, -0.1) is 24.2 Å². The molecule has 2 unspecified atom stereocenters. The first-order chi connectivity index (χ1) is 43.0. The third kappa shape index (κ3) is 31.2. The number of alkyl halides is 10. The van der Waals surface area contributed by atoms with Crippen LogP contribution >= 0.6 is 99.7 Å². The molecular formula is C61H58Br4ClF9K2O14S4. The van der Waals surface area contributed by atoms with Crippen molar-refractivity contribution >= 4 is 179 Å². The molecule has 0 radical (unpaired) electrons. The Bertz CT molecular complexity index is 3920. The summed E-state index contributed by atoms with van der Waals surface area (Å²) in [5, 5.41) is 29.4. The molecule has 3 heterocycles. The summed E-state index contributed by atoms with van der Waals surface area (Å²) < 4.78 is 168. The number of benzene rings is 6. The zero-order valence-corrected chi connectivity index (χ0v) is 66.9. The molecule has 3 aromatic heterocycles. The number of carbonyl (C=O) groups excluding carboxylic acids is 3. The number of aromatic hydroxyl groups is 1. The van der Waals surface area contributed by atoms with E-state index in [4.69, 9.17) is 43.0 Å². The van der Waals surface area contributed by atoms with Gasteiger partial charge in [-0.2, -0.15) is 51.3 Å². The maximum atomic E-state index is 13.6. The maximum Gasteiger partial charge on any atom is 1.00 e. The fourth-order valence-electron chi connectivity index (χ4n) is 7.43. The average molecular weight is 1750 g/mol. The van der Waals surface area contributed by atoms with Crippen molar-refractivity contribution in [3.05, 3.63) is 196 Å². The summed E-state index contributed by atoms with van der Waals surface area (Å²) in [6.07, 6.45) is -0.822. The first-order valence-corrected chi connectivity index (χ1v) is 34.6. The zero-order valence-electron chi connectivity index (χ0n) is 51.2. The van der Waals surface area contributed by atoms with Crippen LogP contribution < -0.4 is 118 Å². The van der Waals surface area contributed by atoms with E-state index < -0.39 is 73.7 Å². The van der Waals surface area contributed by atoms with E-state index in [2.05, 4.69) is 80.7 Å². The van der Waals surface area contributed by atoms with Gasteiger partial charge in [0.15, 0.2) is 12.6 Å². The number of ether oxygens (including phenoxy) is 2. The minimum Gasteiger partial charge on any atom is -1.00 e. The van der Waals surface area contributed by atoms with Crippen molar-refractivity contribution < 1.29 is 210 Å². The Labute approximate surface area is 680 Å². The smallest absolute Gasteiger partial charge is 1.00 e. The molecule has 2 N–H and O–H groups in total. The van der Waals surface area contributed by atoms with Gasteiger partial charge in [0.25, 0.3) is 6.47 Å². The Morgan fingerprint density at radius 2 is 0.968 bits per heavy atom. The molecule has 0 aliphatic heterocycles. The molecule has 0 saturated carbocycles. The minimum atomic E-state index is -4.62. The van der Waals surface area contributed by atoms with E-state index in [1.165, 1.54) is 48.4 Å². The van der Waals surface area contributed by atoms with Gasteiger partial charge >= 0.3 is 121 Å². The van der Waals surface area contributed by atoms with E-state index in [0.29, 0.717) is 19.9 Å². The van der Waals surface area contributed by atoms with Crippen molar-refractivity contribution in [2.24, 2.45) is 0 Å². The summed E-state index contributed by atoms with van der Waals surface area (Å²) in [5.41, 5.74) is 0.676. The number of aldehydes is 2. The van der Waals surface area contributed by atoms with Gasteiger partial charge in [-0.3, -0.25) is 22.8 Å². The summed E-state index contributed by atoms with van der Waals surface area (Å²) in [7, 11) is -2.02. The van der Waals surface area contributed by atoms with Crippen molar-refractivity contribution in [1.29, 1.82) is 0 Å². The number of rotatable bonds is 15. The molecule has 0 aliphatic rings. The third-order valence-corrected chi connectivity index (χ3v) is 18.2. The Morgan fingerprint density at radius 1 is 0.621 bits per heavy atom. The molecule has 0 aliphatic carbocycles. The van der Waals surface area contributed by atoms with E-state index in [0.717, 1.165) is 94.3 Å². The van der Waals surface area contributed by atoms with Gasteiger partial charge in [0, 0.05) is 57.0 Å². The van der Waals surface area contributed by atoms with Crippen LogP contribution in [-0.4, -0.2) is 74.4 Å². The second kappa shape index (κ2) is 47.7. The number of phenolic OH excluding ortho intramolecular Hbond substituents is 1. The van der Waals surface area contributed by atoms with E-state index in [1.54, 1.807) is 74.1 Å². The maximum absolute atomic E-state index is 13.6. The van der Waals surface area contributed by atoms with Crippen LogP contribution in [0.15, 0.2) is 159 Å². The number of furan rings is 3. The Hall–Kier alpha value is -2.34. The average Bonchev–Trinajstić information content (AvgIpc) is 1.23. The fraction of sp³-hybridized carbons (Fsp3) is 0.230. The SMILES string of the molecule is BrCc1cc(Br)c2occc2c1.C.CCO.CS/C(=C\c1c(OCc2cc(Br)c3occc3c2)cccc1C(F)(F)F)S(C)=O.CSCS(C)=O.Cl.O=CO[O-].O=Cc1c(O)cccc1C(F)(F)F.O=Cc1c(OCc2cc(Br)c3occc3c2)cccc1C(F)(F)F.[H-].[K+].[K+]. The summed E-state index contributed by atoms with van der Waals surface area (Å²) in [6, 6.07) is 26.9. The summed E-state index contributed by atoms with van der Waals surface area (Å²) in [4.78, 5) is 32.6. The number of aliphatic hydroxyl groups is 1.